The van der Waals surface area contributed by atoms with Gasteiger partial charge in [-0.3, -0.25) is 19.0 Å². The SMILES string of the molecule is NC(=O)c1c(NC(=O)CCCSc2nc(N)cc(=O)[nH]2)sc(=S)n1-c1ccccc1. The van der Waals surface area contributed by atoms with Crippen molar-refractivity contribution in [1.29, 1.82) is 0 Å². The van der Waals surface area contributed by atoms with Crippen molar-refractivity contribution in [3.05, 3.63) is 56.4 Å². The number of aromatic nitrogens is 3. The molecule has 1 aromatic carbocycles. The number of hydrogen-bond acceptors (Lipinski definition) is 8. The number of hydrogen-bond donors (Lipinski definition) is 4. The summed E-state index contributed by atoms with van der Waals surface area (Å²) in [5, 5.41) is 3.44. The molecule has 30 heavy (non-hydrogen) atoms. The second kappa shape index (κ2) is 9.69. The molecule has 0 atom stereocenters. The molecule has 9 nitrogen and oxygen atoms in total. The molecule has 0 fully saturated rings. The number of para-hydroxylation sites is 1. The van der Waals surface area contributed by atoms with E-state index in [4.69, 9.17) is 23.7 Å². The molecule has 6 N–H and O–H groups in total. The summed E-state index contributed by atoms with van der Waals surface area (Å²) in [7, 11) is 0. The summed E-state index contributed by atoms with van der Waals surface area (Å²) >= 11 is 7.77. The van der Waals surface area contributed by atoms with Gasteiger partial charge >= 0.3 is 0 Å². The molecule has 2 amide bonds. The molecule has 12 heteroatoms. The Labute approximate surface area is 184 Å². The van der Waals surface area contributed by atoms with Crippen molar-refractivity contribution >= 4 is 57.9 Å². The zero-order valence-corrected chi connectivity index (χ0v) is 18.0. The van der Waals surface area contributed by atoms with E-state index in [1.54, 1.807) is 16.7 Å². The Morgan fingerprint density at radius 3 is 2.70 bits per heavy atom. The number of thioether (sulfide) groups is 1. The average Bonchev–Trinajstić information content (AvgIpc) is 3.01. The van der Waals surface area contributed by atoms with E-state index in [1.165, 1.54) is 17.8 Å². The lowest BCUT2D eigenvalue weighted by Crippen LogP contribution is -2.20. The van der Waals surface area contributed by atoms with Crippen LogP contribution < -0.4 is 22.3 Å². The number of nitrogens with two attached hydrogens (primary N) is 2. The molecule has 3 aromatic rings. The van der Waals surface area contributed by atoms with Gasteiger partial charge in [0, 0.05) is 23.9 Å². The van der Waals surface area contributed by atoms with Gasteiger partial charge in [0.1, 0.15) is 16.5 Å². The predicted molar refractivity (Wildman–Crippen MR) is 121 cm³/mol. The molecule has 2 heterocycles. The molecular formula is C18H18N6O3S3. The van der Waals surface area contributed by atoms with Crippen molar-refractivity contribution in [1.82, 2.24) is 14.5 Å². The van der Waals surface area contributed by atoms with Crippen LogP contribution in [0.25, 0.3) is 5.69 Å². The molecule has 2 aromatic heterocycles. The summed E-state index contributed by atoms with van der Waals surface area (Å²) in [5.74, 6) is -0.275. The minimum atomic E-state index is -0.686. The van der Waals surface area contributed by atoms with Gasteiger partial charge in [-0.05, 0) is 30.8 Å². The fourth-order valence-electron chi connectivity index (χ4n) is 2.60. The highest BCUT2D eigenvalue weighted by atomic mass is 32.2. The zero-order chi connectivity index (χ0) is 21.7. The molecular weight excluding hydrogens is 444 g/mol. The van der Waals surface area contributed by atoms with Gasteiger partial charge in [0.15, 0.2) is 9.11 Å². The van der Waals surface area contributed by atoms with Gasteiger partial charge in [0.25, 0.3) is 11.5 Å². The normalized spacial score (nSPS) is 10.7. The lowest BCUT2D eigenvalue weighted by molar-refractivity contribution is -0.116. The maximum Gasteiger partial charge on any atom is 0.268 e. The fourth-order valence-corrected chi connectivity index (χ4v) is 4.79. The first kappa shape index (κ1) is 21.7. The number of benzene rings is 1. The van der Waals surface area contributed by atoms with Crippen molar-refractivity contribution in [2.75, 3.05) is 16.8 Å². The average molecular weight is 463 g/mol. The third kappa shape index (κ3) is 5.34. The largest absolute Gasteiger partial charge is 0.383 e. The number of nitrogens with zero attached hydrogens (tertiary/aromatic N) is 2. The molecule has 0 saturated heterocycles. The highest BCUT2D eigenvalue weighted by molar-refractivity contribution is 7.99. The molecule has 0 aliphatic rings. The number of carbonyl (C=O) groups excluding carboxylic acids is 2. The molecule has 156 valence electrons. The van der Waals surface area contributed by atoms with Crippen LogP contribution in [0.15, 0.2) is 46.3 Å². The third-order valence-electron chi connectivity index (χ3n) is 3.84. The van der Waals surface area contributed by atoms with E-state index in [2.05, 4.69) is 15.3 Å². The fraction of sp³-hybridized carbons (Fsp3) is 0.167. The zero-order valence-electron chi connectivity index (χ0n) is 15.6. The van der Waals surface area contributed by atoms with Gasteiger partial charge in [0.05, 0.1) is 0 Å². The van der Waals surface area contributed by atoms with E-state index in [-0.39, 0.29) is 29.4 Å². The van der Waals surface area contributed by atoms with Crippen molar-refractivity contribution < 1.29 is 9.59 Å². The van der Waals surface area contributed by atoms with Crippen LogP contribution in [0.5, 0.6) is 0 Å². The second-order valence-corrected chi connectivity index (χ2v) is 8.78. The van der Waals surface area contributed by atoms with Crippen molar-refractivity contribution in [3.63, 3.8) is 0 Å². The molecule has 0 bridgehead atoms. The number of rotatable bonds is 8. The molecule has 0 saturated carbocycles. The Morgan fingerprint density at radius 1 is 1.30 bits per heavy atom. The monoisotopic (exact) mass is 462 g/mol. The van der Waals surface area contributed by atoms with E-state index in [0.717, 1.165) is 11.3 Å². The Bertz CT molecular complexity index is 1190. The van der Waals surface area contributed by atoms with Crippen LogP contribution in [0, 0.1) is 3.95 Å². The highest BCUT2D eigenvalue weighted by Crippen LogP contribution is 2.29. The van der Waals surface area contributed by atoms with Crippen molar-refractivity contribution in [2.24, 2.45) is 5.73 Å². The summed E-state index contributed by atoms with van der Waals surface area (Å²) in [5.41, 5.74) is 11.6. The van der Waals surface area contributed by atoms with Crippen LogP contribution in [0.2, 0.25) is 0 Å². The van der Waals surface area contributed by atoms with Crippen LogP contribution >= 0.6 is 35.3 Å². The number of H-pyrrole nitrogens is 1. The minimum Gasteiger partial charge on any atom is -0.383 e. The van der Waals surface area contributed by atoms with Gasteiger partial charge in [-0.25, -0.2) is 4.98 Å². The quantitative estimate of drug-likeness (QED) is 0.174. The maximum absolute atomic E-state index is 12.4. The van der Waals surface area contributed by atoms with E-state index in [0.29, 0.717) is 32.0 Å². The standard InChI is InChI=1S/C18H18N6O3S3/c19-11-9-13(26)23-17(21-11)29-8-4-7-12(25)22-16-14(15(20)27)24(18(28)30-16)10-5-2-1-3-6-10/h1-3,5-6,9H,4,7-8H2,(H2,20,27)(H,22,25)(H3,19,21,23,26). The number of carbonyl (C=O) groups is 2. The lowest BCUT2D eigenvalue weighted by Gasteiger charge is -2.08. The van der Waals surface area contributed by atoms with Gasteiger partial charge < -0.3 is 21.8 Å². The van der Waals surface area contributed by atoms with Crippen LogP contribution in [0.1, 0.15) is 23.3 Å². The van der Waals surface area contributed by atoms with E-state index in [9.17, 15) is 14.4 Å². The number of anilines is 2. The second-order valence-electron chi connectivity index (χ2n) is 6.06. The first-order valence-electron chi connectivity index (χ1n) is 8.75. The van der Waals surface area contributed by atoms with E-state index < -0.39 is 5.91 Å². The van der Waals surface area contributed by atoms with Gasteiger partial charge in [-0.2, -0.15) is 0 Å². The number of aromatic amines is 1. The van der Waals surface area contributed by atoms with Crippen LogP contribution in [-0.4, -0.2) is 32.1 Å². The van der Waals surface area contributed by atoms with Crippen LogP contribution in [0.3, 0.4) is 0 Å². The topological polar surface area (TPSA) is 149 Å². The number of thiazole rings is 1. The van der Waals surface area contributed by atoms with Crippen LogP contribution in [0.4, 0.5) is 10.8 Å². The molecule has 0 radical (unpaired) electrons. The summed E-state index contributed by atoms with van der Waals surface area (Å²) in [6.07, 6.45) is 0.722. The summed E-state index contributed by atoms with van der Waals surface area (Å²) in [6, 6.07) is 10.3. The van der Waals surface area contributed by atoms with Gasteiger partial charge in [-0.15, -0.1) is 0 Å². The Balaban J connectivity index is 1.64. The Hall–Kier alpha value is -2.96. The molecule has 0 unspecified atom stereocenters. The van der Waals surface area contributed by atoms with E-state index in [1.807, 2.05) is 18.2 Å². The number of amides is 2. The predicted octanol–water partition coefficient (Wildman–Crippen LogP) is 2.54. The Morgan fingerprint density at radius 2 is 2.03 bits per heavy atom. The smallest absolute Gasteiger partial charge is 0.268 e. The molecule has 0 spiro atoms. The lowest BCUT2D eigenvalue weighted by atomic mass is 10.3. The first-order valence-corrected chi connectivity index (χ1v) is 11.0. The number of nitrogens with one attached hydrogen (secondary N) is 2. The van der Waals surface area contributed by atoms with Crippen molar-refractivity contribution in [3.8, 4) is 5.69 Å². The summed E-state index contributed by atoms with van der Waals surface area (Å²) in [6.45, 7) is 0. The molecule has 3 rings (SSSR count). The van der Waals surface area contributed by atoms with E-state index >= 15 is 0 Å². The highest BCUT2D eigenvalue weighted by Gasteiger charge is 2.20. The van der Waals surface area contributed by atoms with Crippen LogP contribution in [-0.2, 0) is 4.79 Å². The number of primary amides is 1. The third-order valence-corrected chi connectivity index (χ3v) is 6.09. The van der Waals surface area contributed by atoms with Gasteiger partial charge in [-0.1, -0.05) is 41.3 Å². The minimum absolute atomic E-state index is 0.139. The van der Waals surface area contributed by atoms with Crippen molar-refractivity contribution in [2.45, 2.75) is 18.0 Å². The number of nitrogen functional groups attached to an aromatic ring is 1. The maximum atomic E-state index is 12.4. The summed E-state index contributed by atoms with van der Waals surface area (Å²) < 4.78 is 1.95. The summed E-state index contributed by atoms with van der Waals surface area (Å²) in [4.78, 5) is 42.4. The molecule has 0 aliphatic carbocycles. The Kier molecular flexibility index (Phi) is 7.03. The first-order chi connectivity index (χ1) is 14.3. The van der Waals surface area contributed by atoms with Gasteiger partial charge in [0.2, 0.25) is 5.91 Å². The molecule has 0 aliphatic heterocycles.